The molecule has 5 nitrogen and oxygen atoms in total. The molecule has 0 spiro atoms. The van der Waals surface area contributed by atoms with Crippen LogP contribution in [0.3, 0.4) is 0 Å². The Labute approximate surface area is 126 Å². The quantitative estimate of drug-likeness (QED) is 0.757. The van der Waals surface area contributed by atoms with Crippen LogP contribution in [0.5, 0.6) is 0 Å². The van der Waals surface area contributed by atoms with E-state index >= 15 is 0 Å². The van der Waals surface area contributed by atoms with Crippen LogP contribution in [0, 0.1) is 0 Å². The van der Waals surface area contributed by atoms with Gasteiger partial charge in [-0.15, -0.1) is 11.3 Å². The van der Waals surface area contributed by atoms with Crippen LogP contribution < -0.4 is 5.73 Å². The lowest BCUT2D eigenvalue weighted by molar-refractivity contribution is 0.369. The number of hydrogen-bond donors (Lipinski definition) is 1. The molecule has 0 bridgehead atoms. The van der Waals surface area contributed by atoms with Gasteiger partial charge >= 0.3 is 0 Å². The lowest BCUT2D eigenvalue weighted by Crippen LogP contribution is -2.13. The Morgan fingerprint density at radius 1 is 1.19 bits per heavy atom. The van der Waals surface area contributed by atoms with Gasteiger partial charge in [-0.3, -0.25) is 0 Å². The molecule has 1 unspecified atom stereocenters. The number of thiazole rings is 1. The minimum atomic E-state index is -0.345. The van der Waals surface area contributed by atoms with Crippen LogP contribution in [-0.4, -0.2) is 15.1 Å². The topological polar surface area (TPSA) is 77.8 Å². The average Bonchev–Trinajstić information content (AvgIpc) is 3.19. The van der Waals surface area contributed by atoms with Gasteiger partial charge in [-0.1, -0.05) is 35.5 Å². The molecule has 0 amide bonds. The molecule has 21 heavy (non-hydrogen) atoms. The Balaban J connectivity index is 1.58. The summed E-state index contributed by atoms with van der Waals surface area (Å²) in [4.78, 5) is 8.64. The SMILES string of the molecule is NC(c1ccccc1)c1noc(CCCc2nccs2)n1. The van der Waals surface area contributed by atoms with Crippen molar-refractivity contribution in [1.29, 1.82) is 0 Å². The van der Waals surface area contributed by atoms with E-state index in [4.69, 9.17) is 10.3 Å². The molecule has 0 aliphatic heterocycles. The van der Waals surface area contributed by atoms with Gasteiger partial charge in [0.25, 0.3) is 0 Å². The van der Waals surface area contributed by atoms with Crippen LogP contribution in [0.1, 0.15) is 34.7 Å². The number of aromatic nitrogens is 3. The van der Waals surface area contributed by atoms with Crippen molar-refractivity contribution in [2.24, 2.45) is 5.73 Å². The maximum absolute atomic E-state index is 6.14. The average molecular weight is 300 g/mol. The molecule has 6 heteroatoms. The van der Waals surface area contributed by atoms with Gasteiger partial charge in [0.1, 0.15) is 0 Å². The van der Waals surface area contributed by atoms with Gasteiger partial charge in [0, 0.05) is 18.0 Å². The number of nitrogens with two attached hydrogens (primary N) is 1. The van der Waals surface area contributed by atoms with Gasteiger partial charge in [0.05, 0.1) is 11.0 Å². The molecule has 0 fully saturated rings. The van der Waals surface area contributed by atoms with Gasteiger partial charge in [0.15, 0.2) is 5.82 Å². The monoisotopic (exact) mass is 300 g/mol. The molecule has 0 saturated heterocycles. The molecule has 3 aromatic rings. The van der Waals surface area contributed by atoms with E-state index in [1.54, 1.807) is 11.3 Å². The molecule has 1 atom stereocenters. The highest BCUT2D eigenvalue weighted by atomic mass is 32.1. The van der Waals surface area contributed by atoms with Crippen molar-refractivity contribution in [3.63, 3.8) is 0 Å². The molecule has 2 heterocycles. The van der Waals surface area contributed by atoms with Crippen LogP contribution in [0.2, 0.25) is 0 Å². The van der Waals surface area contributed by atoms with Gasteiger partial charge in [-0.25, -0.2) is 4.98 Å². The molecule has 108 valence electrons. The van der Waals surface area contributed by atoms with E-state index in [9.17, 15) is 0 Å². The Hall–Kier alpha value is -2.05. The Morgan fingerprint density at radius 3 is 2.81 bits per heavy atom. The Morgan fingerprint density at radius 2 is 2.05 bits per heavy atom. The van der Waals surface area contributed by atoms with Crippen LogP contribution in [0.15, 0.2) is 46.4 Å². The highest BCUT2D eigenvalue weighted by molar-refractivity contribution is 7.09. The molecule has 0 aliphatic rings. The lowest BCUT2D eigenvalue weighted by atomic mass is 10.1. The zero-order valence-electron chi connectivity index (χ0n) is 11.5. The van der Waals surface area contributed by atoms with Gasteiger partial charge < -0.3 is 10.3 Å². The second-order valence-corrected chi connectivity index (χ2v) is 5.69. The minimum Gasteiger partial charge on any atom is -0.339 e. The second-order valence-electron chi connectivity index (χ2n) is 4.71. The first-order valence-electron chi connectivity index (χ1n) is 6.84. The predicted octanol–water partition coefficient (Wildman–Crippen LogP) is 2.75. The predicted molar refractivity (Wildman–Crippen MR) is 80.9 cm³/mol. The first-order chi connectivity index (χ1) is 10.3. The maximum Gasteiger partial charge on any atom is 0.226 e. The number of benzene rings is 1. The fraction of sp³-hybridized carbons (Fsp3) is 0.267. The van der Waals surface area contributed by atoms with E-state index < -0.39 is 0 Å². The smallest absolute Gasteiger partial charge is 0.226 e. The van der Waals surface area contributed by atoms with Crippen molar-refractivity contribution in [1.82, 2.24) is 15.1 Å². The molecule has 3 rings (SSSR count). The number of aryl methyl sites for hydroxylation is 2. The number of hydrogen-bond acceptors (Lipinski definition) is 6. The van der Waals surface area contributed by atoms with Gasteiger partial charge in [0.2, 0.25) is 5.89 Å². The van der Waals surface area contributed by atoms with Crippen molar-refractivity contribution in [2.45, 2.75) is 25.3 Å². The normalized spacial score (nSPS) is 12.4. The molecule has 0 saturated carbocycles. The van der Waals surface area contributed by atoms with Crippen LogP contribution in [0.25, 0.3) is 0 Å². The molecule has 1 aromatic carbocycles. The third-order valence-corrected chi connectivity index (χ3v) is 4.02. The molecule has 2 N–H and O–H groups in total. The van der Waals surface area contributed by atoms with E-state index in [2.05, 4.69) is 15.1 Å². The Bertz CT molecular complexity index is 666. The first-order valence-corrected chi connectivity index (χ1v) is 7.72. The third kappa shape index (κ3) is 3.53. The summed E-state index contributed by atoms with van der Waals surface area (Å²) in [6.45, 7) is 0. The van der Waals surface area contributed by atoms with Crippen molar-refractivity contribution in [3.8, 4) is 0 Å². The zero-order valence-corrected chi connectivity index (χ0v) is 12.3. The molecule has 0 aliphatic carbocycles. The Kier molecular flexibility index (Phi) is 4.37. The maximum atomic E-state index is 6.14. The summed E-state index contributed by atoms with van der Waals surface area (Å²) in [5.74, 6) is 1.17. The lowest BCUT2D eigenvalue weighted by Gasteiger charge is -2.05. The highest BCUT2D eigenvalue weighted by Gasteiger charge is 2.15. The summed E-state index contributed by atoms with van der Waals surface area (Å²) < 4.78 is 5.27. The molecular formula is C15H16N4OS. The van der Waals surface area contributed by atoms with Crippen molar-refractivity contribution in [2.75, 3.05) is 0 Å². The summed E-state index contributed by atoms with van der Waals surface area (Å²) in [5, 5.41) is 7.10. The van der Waals surface area contributed by atoms with E-state index in [0.29, 0.717) is 11.7 Å². The van der Waals surface area contributed by atoms with Gasteiger partial charge in [-0.2, -0.15) is 4.98 Å². The molecule has 0 radical (unpaired) electrons. The fourth-order valence-corrected chi connectivity index (χ4v) is 2.74. The van der Waals surface area contributed by atoms with E-state index in [0.717, 1.165) is 29.8 Å². The van der Waals surface area contributed by atoms with Crippen LogP contribution >= 0.6 is 11.3 Å². The summed E-state index contributed by atoms with van der Waals surface area (Å²) in [6, 6.07) is 9.43. The van der Waals surface area contributed by atoms with Crippen molar-refractivity contribution >= 4 is 11.3 Å². The van der Waals surface area contributed by atoms with Crippen LogP contribution in [-0.2, 0) is 12.8 Å². The molecular weight excluding hydrogens is 284 g/mol. The van der Waals surface area contributed by atoms with Crippen LogP contribution in [0.4, 0.5) is 0 Å². The second kappa shape index (κ2) is 6.60. The summed E-state index contributed by atoms with van der Waals surface area (Å²) in [7, 11) is 0. The standard InChI is InChI=1S/C15H16N4OS/c16-14(11-5-2-1-3-6-11)15-18-12(20-19-15)7-4-8-13-17-9-10-21-13/h1-3,5-6,9-10,14H,4,7-8,16H2. The van der Waals surface area contributed by atoms with E-state index in [1.165, 1.54) is 0 Å². The summed E-state index contributed by atoms with van der Waals surface area (Å²) >= 11 is 1.67. The van der Waals surface area contributed by atoms with E-state index in [1.807, 2.05) is 41.9 Å². The highest BCUT2D eigenvalue weighted by Crippen LogP contribution is 2.17. The first kappa shape index (κ1) is 13.9. The zero-order chi connectivity index (χ0) is 14.5. The fourth-order valence-electron chi connectivity index (χ4n) is 2.07. The van der Waals surface area contributed by atoms with Crippen molar-refractivity contribution in [3.05, 3.63) is 64.2 Å². The molecule has 2 aromatic heterocycles. The minimum absolute atomic E-state index is 0.345. The van der Waals surface area contributed by atoms with Crippen molar-refractivity contribution < 1.29 is 4.52 Å². The summed E-state index contributed by atoms with van der Waals surface area (Å²) in [6.07, 6.45) is 4.44. The number of rotatable bonds is 6. The largest absolute Gasteiger partial charge is 0.339 e. The third-order valence-electron chi connectivity index (χ3n) is 3.19. The number of nitrogens with zero attached hydrogens (tertiary/aromatic N) is 3. The summed E-state index contributed by atoms with van der Waals surface area (Å²) in [5.41, 5.74) is 7.12. The van der Waals surface area contributed by atoms with Gasteiger partial charge in [-0.05, 0) is 18.4 Å². The van der Waals surface area contributed by atoms with E-state index in [-0.39, 0.29) is 6.04 Å².